The number of hydrogen-bond donors (Lipinski definition) is 2. The first kappa shape index (κ1) is 11.1. The fourth-order valence-corrected chi connectivity index (χ4v) is 1.49. The van der Waals surface area contributed by atoms with Gasteiger partial charge < -0.3 is 11.1 Å². The van der Waals surface area contributed by atoms with Gasteiger partial charge in [0.25, 0.3) is 0 Å². The maximum absolute atomic E-state index is 5.81. The predicted octanol–water partition coefficient (Wildman–Crippen LogP) is 1.01. The molecule has 16 heavy (non-hydrogen) atoms. The van der Waals surface area contributed by atoms with E-state index in [4.69, 9.17) is 5.73 Å². The number of hydrogen-bond acceptors (Lipinski definition) is 5. The fourth-order valence-electron chi connectivity index (χ4n) is 1.21. The molecular formula is C9H11IN6. The highest BCUT2D eigenvalue weighted by Crippen LogP contribution is 2.11. The summed E-state index contributed by atoms with van der Waals surface area (Å²) in [5, 5.41) is 7.14. The van der Waals surface area contributed by atoms with Gasteiger partial charge in [-0.2, -0.15) is 5.10 Å². The maximum Gasteiger partial charge on any atom is 0.222 e. The molecule has 0 aliphatic heterocycles. The van der Waals surface area contributed by atoms with Crippen molar-refractivity contribution in [1.29, 1.82) is 0 Å². The first-order chi connectivity index (χ1) is 7.66. The number of nitrogens with zero attached hydrogens (tertiary/aromatic N) is 4. The van der Waals surface area contributed by atoms with Crippen molar-refractivity contribution in [2.75, 3.05) is 11.1 Å². The van der Waals surface area contributed by atoms with Crippen LogP contribution in [-0.2, 0) is 13.6 Å². The Bertz CT molecular complexity index is 477. The molecule has 7 heteroatoms. The summed E-state index contributed by atoms with van der Waals surface area (Å²) in [5.41, 5.74) is 6.74. The molecule has 2 rings (SSSR count). The van der Waals surface area contributed by atoms with Gasteiger partial charge in [-0.15, -0.1) is 0 Å². The molecule has 2 heterocycles. The van der Waals surface area contributed by atoms with Gasteiger partial charge in [-0.05, 0) is 22.6 Å². The van der Waals surface area contributed by atoms with E-state index in [1.54, 1.807) is 30.3 Å². The van der Waals surface area contributed by atoms with Crippen LogP contribution in [0.25, 0.3) is 0 Å². The van der Waals surface area contributed by atoms with E-state index in [2.05, 4.69) is 43.0 Å². The molecule has 6 nitrogen and oxygen atoms in total. The third-order valence-corrected chi connectivity index (χ3v) is 2.68. The van der Waals surface area contributed by atoms with Crippen LogP contribution in [0.1, 0.15) is 5.56 Å². The molecular weight excluding hydrogens is 319 g/mol. The number of nitrogens with one attached hydrogen (secondary N) is 1. The molecule has 2 aromatic rings. The summed E-state index contributed by atoms with van der Waals surface area (Å²) in [6.07, 6.45) is 5.24. The molecule has 0 aromatic carbocycles. The number of anilines is 2. The molecule has 0 saturated heterocycles. The minimum Gasteiger partial charge on any atom is -0.384 e. The zero-order valence-electron chi connectivity index (χ0n) is 8.68. The van der Waals surface area contributed by atoms with Crippen LogP contribution >= 0.6 is 22.6 Å². The van der Waals surface area contributed by atoms with Crippen molar-refractivity contribution in [1.82, 2.24) is 19.7 Å². The Morgan fingerprint density at radius 3 is 2.62 bits per heavy atom. The van der Waals surface area contributed by atoms with E-state index < -0.39 is 0 Å². The summed E-state index contributed by atoms with van der Waals surface area (Å²) in [7, 11) is 1.81. The van der Waals surface area contributed by atoms with Crippen molar-refractivity contribution in [3.8, 4) is 0 Å². The second-order valence-corrected chi connectivity index (χ2v) is 4.50. The van der Waals surface area contributed by atoms with Crippen LogP contribution in [0.2, 0.25) is 0 Å². The largest absolute Gasteiger partial charge is 0.384 e. The van der Waals surface area contributed by atoms with Crippen LogP contribution in [0.4, 0.5) is 11.8 Å². The lowest BCUT2D eigenvalue weighted by molar-refractivity contribution is 0.778. The molecule has 0 atom stereocenters. The van der Waals surface area contributed by atoms with E-state index in [0.29, 0.717) is 18.3 Å². The number of nitrogens with two attached hydrogens (primary N) is 1. The first-order valence-corrected chi connectivity index (χ1v) is 5.72. The monoisotopic (exact) mass is 330 g/mol. The lowest BCUT2D eigenvalue weighted by Crippen LogP contribution is -2.06. The van der Waals surface area contributed by atoms with Crippen molar-refractivity contribution in [2.45, 2.75) is 6.54 Å². The maximum atomic E-state index is 5.81. The van der Waals surface area contributed by atoms with Gasteiger partial charge in [-0.1, -0.05) is 0 Å². The second kappa shape index (κ2) is 4.64. The van der Waals surface area contributed by atoms with E-state index in [-0.39, 0.29) is 0 Å². The van der Waals surface area contributed by atoms with Crippen molar-refractivity contribution in [3.05, 3.63) is 27.7 Å². The summed E-state index contributed by atoms with van der Waals surface area (Å²) in [5.74, 6) is 1.24. The Kier molecular flexibility index (Phi) is 3.22. The summed E-state index contributed by atoms with van der Waals surface area (Å²) in [6, 6.07) is 0. The van der Waals surface area contributed by atoms with Gasteiger partial charge in [0.05, 0.1) is 6.20 Å². The predicted molar refractivity (Wildman–Crippen MR) is 69.7 cm³/mol. The second-order valence-electron chi connectivity index (χ2n) is 3.26. The van der Waals surface area contributed by atoms with Crippen molar-refractivity contribution in [3.63, 3.8) is 0 Å². The van der Waals surface area contributed by atoms with Gasteiger partial charge in [-0.25, -0.2) is 9.97 Å². The molecule has 0 aliphatic rings. The Hall–Kier alpha value is -1.38. The highest BCUT2D eigenvalue weighted by molar-refractivity contribution is 14.1. The van der Waals surface area contributed by atoms with Crippen LogP contribution in [0, 0.1) is 3.57 Å². The number of rotatable bonds is 3. The van der Waals surface area contributed by atoms with E-state index in [1.807, 2.05) is 0 Å². The van der Waals surface area contributed by atoms with Crippen molar-refractivity contribution in [2.24, 2.45) is 7.05 Å². The molecule has 0 saturated carbocycles. The molecule has 0 fully saturated rings. The van der Waals surface area contributed by atoms with Crippen LogP contribution in [0.5, 0.6) is 0 Å². The average molecular weight is 330 g/mol. The van der Waals surface area contributed by atoms with Gasteiger partial charge in [0.2, 0.25) is 5.95 Å². The molecule has 2 aromatic heterocycles. The molecule has 84 valence electrons. The SMILES string of the molecule is Cn1ncc(CNc2ncc(I)cn2)c1N. The van der Waals surface area contributed by atoms with Gasteiger partial charge in [0.1, 0.15) is 5.82 Å². The molecule has 0 amide bonds. The van der Waals surface area contributed by atoms with Crippen LogP contribution < -0.4 is 11.1 Å². The Labute approximate surface area is 106 Å². The Morgan fingerprint density at radius 2 is 2.06 bits per heavy atom. The molecule has 3 N–H and O–H groups in total. The fraction of sp³-hybridized carbons (Fsp3) is 0.222. The van der Waals surface area contributed by atoms with E-state index in [9.17, 15) is 0 Å². The zero-order valence-corrected chi connectivity index (χ0v) is 10.8. The summed E-state index contributed by atoms with van der Waals surface area (Å²) < 4.78 is 2.63. The minimum atomic E-state index is 0.570. The smallest absolute Gasteiger partial charge is 0.222 e. The average Bonchev–Trinajstić information content (AvgIpc) is 2.60. The molecule has 0 aliphatic carbocycles. The molecule has 0 spiro atoms. The third kappa shape index (κ3) is 2.40. The minimum absolute atomic E-state index is 0.570. The zero-order chi connectivity index (χ0) is 11.5. The number of aromatic nitrogens is 4. The molecule has 0 radical (unpaired) electrons. The van der Waals surface area contributed by atoms with Gasteiger partial charge in [-0.3, -0.25) is 4.68 Å². The lowest BCUT2D eigenvalue weighted by atomic mass is 10.3. The summed E-state index contributed by atoms with van der Waals surface area (Å²) >= 11 is 2.16. The van der Waals surface area contributed by atoms with E-state index >= 15 is 0 Å². The topological polar surface area (TPSA) is 81.7 Å². The van der Waals surface area contributed by atoms with Crippen LogP contribution in [0.3, 0.4) is 0 Å². The van der Waals surface area contributed by atoms with Gasteiger partial charge >= 0.3 is 0 Å². The van der Waals surface area contributed by atoms with Gasteiger partial charge in [0, 0.05) is 35.1 Å². The molecule has 0 bridgehead atoms. The third-order valence-electron chi connectivity index (χ3n) is 2.12. The lowest BCUT2D eigenvalue weighted by Gasteiger charge is -2.03. The Morgan fingerprint density at radius 1 is 1.38 bits per heavy atom. The van der Waals surface area contributed by atoms with Crippen molar-refractivity contribution < 1.29 is 0 Å². The number of halogens is 1. The number of nitrogen functional groups attached to an aromatic ring is 1. The molecule has 0 unspecified atom stereocenters. The van der Waals surface area contributed by atoms with Gasteiger partial charge in [0.15, 0.2) is 0 Å². The van der Waals surface area contributed by atoms with Crippen molar-refractivity contribution >= 4 is 34.4 Å². The highest BCUT2D eigenvalue weighted by Gasteiger charge is 2.04. The number of aryl methyl sites for hydroxylation is 1. The van der Waals surface area contributed by atoms with Crippen LogP contribution in [-0.4, -0.2) is 19.7 Å². The van der Waals surface area contributed by atoms with E-state index in [0.717, 1.165) is 9.13 Å². The summed E-state index contributed by atoms with van der Waals surface area (Å²) in [6.45, 7) is 0.570. The highest BCUT2D eigenvalue weighted by atomic mass is 127. The standard InChI is InChI=1S/C9H11IN6/c1-16-8(11)6(3-15-16)2-12-9-13-4-7(10)5-14-9/h3-5H,2,11H2,1H3,(H,12,13,14). The Balaban J connectivity index is 2.02. The van der Waals surface area contributed by atoms with E-state index in [1.165, 1.54) is 0 Å². The summed E-state index contributed by atoms with van der Waals surface area (Å²) in [4.78, 5) is 8.26. The first-order valence-electron chi connectivity index (χ1n) is 4.64. The quantitative estimate of drug-likeness (QED) is 0.821. The normalized spacial score (nSPS) is 10.4. The van der Waals surface area contributed by atoms with Crippen LogP contribution in [0.15, 0.2) is 18.6 Å².